The van der Waals surface area contributed by atoms with Gasteiger partial charge in [0, 0.05) is 6.20 Å². The van der Waals surface area contributed by atoms with E-state index in [-0.39, 0.29) is 22.6 Å². The number of nitrogen functional groups attached to an aromatic ring is 2. The number of halogens is 2. The second kappa shape index (κ2) is 11.0. The number of hydrogen-bond donors (Lipinski definition) is 3. The van der Waals surface area contributed by atoms with Crippen LogP contribution in [0.2, 0.25) is 0 Å². The maximum Gasteiger partial charge on any atom is 0.325 e. The minimum atomic E-state index is -4.56. The third kappa shape index (κ3) is 5.20. The lowest BCUT2D eigenvalue weighted by Gasteiger charge is -2.29. The standard InChI is InChI=1S/C21H22BF2N9O8P2S/c22-42(34)36-3-9-16(12(24)21(38-9)33-7-31-14-17(26)28-5-29-19(14)33)41-43(35,44)37-4-10-15(40-42)11(23)20(39-10)32-6-30-13-8(25)1-2-27-18(13)32/h1-2,5-7,9-12,15-16,20-21H,3-4H2,(H2,25,27)(H,35,44)(H2,26,28,29)/t9-,10?,11-,12-,15-,16-,20-,21-,42-,43?/m1/s1. The number of fused-ring (bicyclic) bond motifs is 4. The molecule has 10 atom stereocenters. The molecule has 0 spiro atoms. The SMILES string of the molecule is [B][P@@]1(=O)OC[C@H]2O[C@@H](n3cnc4c(N)ncnc43)[C@H](F)[C@@H]2OP(O)(=S)OCC2O[C@@H](n3cnc4c(N)ccnc43)[C@H](F)[C@@H]2O1. The predicted molar refractivity (Wildman–Crippen MR) is 151 cm³/mol. The van der Waals surface area contributed by atoms with Crippen LogP contribution in [0.4, 0.5) is 20.3 Å². The van der Waals surface area contributed by atoms with Gasteiger partial charge in [-0.3, -0.25) is 18.2 Å². The number of aromatic nitrogens is 7. The van der Waals surface area contributed by atoms with Crippen LogP contribution >= 0.6 is 14.2 Å². The molecule has 232 valence electrons. The summed E-state index contributed by atoms with van der Waals surface area (Å²) < 4.78 is 81.1. The van der Waals surface area contributed by atoms with E-state index in [1.807, 2.05) is 0 Å². The van der Waals surface area contributed by atoms with Crippen LogP contribution in [-0.4, -0.2) is 96.5 Å². The van der Waals surface area contributed by atoms with Crippen molar-refractivity contribution < 1.29 is 45.8 Å². The number of nitrogens with zero attached hydrogens (tertiary/aromatic N) is 7. The van der Waals surface area contributed by atoms with Gasteiger partial charge in [0.15, 0.2) is 41.9 Å². The zero-order valence-electron chi connectivity index (χ0n) is 22.1. The van der Waals surface area contributed by atoms with Gasteiger partial charge in [0.1, 0.15) is 41.8 Å². The Balaban J connectivity index is 1.17. The van der Waals surface area contributed by atoms with Crippen LogP contribution < -0.4 is 11.5 Å². The Hall–Kier alpha value is -2.71. The number of nitrogens with two attached hydrogens (primary N) is 2. The lowest BCUT2D eigenvalue weighted by Crippen LogP contribution is -2.37. The first-order valence-electron chi connectivity index (χ1n) is 12.9. The highest BCUT2D eigenvalue weighted by Gasteiger charge is 2.53. The largest absolute Gasteiger partial charge is 0.397 e. The summed E-state index contributed by atoms with van der Waals surface area (Å²) in [6.45, 7) is -5.56. The van der Waals surface area contributed by atoms with Gasteiger partial charge >= 0.3 is 6.72 Å². The summed E-state index contributed by atoms with van der Waals surface area (Å²) in [5.41, 5.74) is 12.9. The van der Waals surface area contributed by atoms with E-state index in [0.717, 1.165) is 6.33 Å². The number of rotatable bonds is 2. The molecule has 0 amide bonds. The molecule has 17 nitrogen and oxygen atoms in total. The summed E-state index contributed by atoms with van der Waals surface area (Å²) in [5, 5.41) is 0. The monoisotopic (exact) mass is 671 g/mol. The molecule has 5 N–H and O–H groups in total. The Bertz CT molecular complexity index is 1710. The molecule has 7 rings (SSSR count). The average Bonchev–Trinajstić information content (AvgIpc) is 3.73. The van der Waals surface area contributed by atoms with Crippen LogP contribution in [0, 0.1) is 0 Å². The van der Waals surface area contributed by atoms with Crippen molar-refractivity contribution >= 4 is 67.4 Å². The fraction of sp³-hybridized carbons (Fsp3) is 0.476. The van der Waals surface area contributed by atoms with Crippen molar-refractivity contribution in [3.05, 3.63) is 31.2 Å². The molecular formula is C21H22BF2N9O8P2S. The first-order valence-corrected chi connectivity index (χ1v) is 17.1. The minimum Gasteiger partial charge on any atom is -0.397 e. The zero-order chi connectivity index (χ0) is 31.0. The highest BCUT2D eigenvalue weighted by Crippen LogP contribution is 2.54. The van der Waals surface area contributed by atoms with E-state index in [9.17, 15) is 9.46 Å². The highest BCUT2D eigenvalue weighted by atomic mass is 32.5. The number of anilines is 2. The molecule has 3 aliphatic heterocycles. The van der Waals surface area contributed by atoms with Crippen LogP contribution in [0.15, 0.2) is 31.2 Å². The van der Waals surface area contributed by atoms with Crippen LogP contribution in [-0.2, 0) is 43.9 Å². The number of pyridine rings is 1. The summed E-state index contributed by atoms with van der Waals surface area (Å²) in [6.07, 6.45) is -7.79. The Morgan fingerprint density at radius 3 is 2.18 bits per heavy atom. The van der Waals surface area contributed by atoms with Crippen molar-refractivity contribution in [3.63, 3.8) is 0 Å². The van der Waals surface area contributed by atoms with Crippen LogP contribution in [0.3, 0.4) is 0 Å². The van der Waals surface area contributed by atoms with E-state index in [2.05, 4.69) is 24.9 Å². The van der Waals surface area contributed by atoms with Gasteiger partial charge in [0.25, 0.3) is 7.47 Å². The molecule has 44 heavy (non-hydrogen) atoms. The molecule has 7 heterocycles. The third-order valence-electron chi connectivity index (χ3n) is 7.31. The van der Waals surface area contributed by atoms with Gasteiger partial charge in [-0.25, -0.2) is 33.7 Å². The molecular weight excluding hydrogens is 649 g/mol. The van der Waals surface area contributed by atoms with Crippen LogP contribution in [0.5, 0.6) is 0 Å². The van der Waals surface area contributed by atoms with E-state index in [1.54, 1.807) is 0 Å². The van der Waals surface area contributed by atoms with Gasteiger partial charge < -0.3 is 39.4 Å². The molecule has 0 aromatic carbocycles. The van der Waals surface area contributed by atoms with Crippen molar-refractivity contribution in [1.29, 1.82) is 0 Å². The molecule has 2 unspecified atom stereocenters. The van der Waals surface area contributed by atoms with Crippen LogP contribution in [0.25, 0.3) is 22.3 Å². The van der Waals surface area contributed by atoms with E-state index in [0.29, 0.717) is 11.2 Å². The Morgan fingerprint density at radius 1 is 0.909 bits per heavy atom. The second-order valence-electron chi connectivity index (χ2n) is 10.1. The first kappa shape index (κ1) is 30.0. The summed E-state index contributed by atoms with van der Waals surface area (Å²) in [7, 11) is 1.28. The molecule has 3 aliphatic rings. The van der Waals surface area contributed by atoms with Gasteiger partial charge in [-0.05, 0) is 17.9 Å². The normalized spacial score (nSPS) is 38.2. The second-order valence-corrected chi connectivity index (χ2v) is 14.4. The maximum absolute atomic E-state index is 16.0. The van der Waals surface area contributed by atoms with Gasteiger partial charge in [0.05, 0.1) is 31.6 Å². The van der Waals surface area contributed by atoms with E-state index in [1.165, 1.54) is 34.1 Å². The quantitative estimate of drug-likeness (QED) is 0.201. The fourth-order valence-electron chi connectivity index (χ4n) is 5.28. The van der Waals surface area contributed by atoms with Crippen molar-refractivity contribution in [2.24, 2.45) is 0 Å². The van der Waals surface area contributed by atoms with Gasteiger partial charge in [-0.2, -0.15) is 0 Å². The lowest BCUT2D eigenvalue weighted by atomic mass is 10.1. The molecule has 0 bridgehead atoms. The number of alkyl halides is 2. The lowest BCUT2D eigenvalue weighted by molar-refractivity contribution is -0.0566. The number of ether oxygens (including phenoxy) is 2. The summed E-state index contributed by atoms with van der Waals surface area (Å²) in [5.74, 6) is 0.0523. The fourth-order valence-corrected chi connectivity index (χ4v) is 7.72. The van der Waals surface area contributed by atoms with Crippen molar-refractivity contribution in [2.45, 2.75) is 49.2 Å². The molecule has 4 aromatic heterocycles. The molecule has 4 aromatic rings. The Kier molecular flexibility index (Phi) is 7.48. The Morgan fingerprint density at radius 2 is 1.50 bits per heavy atom. The van der Waals surface area contributed by atoms with E-state index < -0.39 is 76.6 Å². The number of imidazole rings is 2. The van der Waals surface area contributed by atoms with Crippen molar-refractivity contribution in [3.8, 4) is 0 Å². The first-order chi connectivity index (χ1) is 20.9. The highest BCUT2D eigenvalue weighted by molar-refractivity contribution is 8.07. The van der Waals surface area contributed by atoms with E-state index >= 15 is 8.78 Å². The molecule has 0 aliphatic carbocycles. The van der Waals surface area contributed by atoms with Gasteiger partial charge in [-0.15, -0.1) is 0 Å². The average molecular weight is 671 g/mol. The summed E-state index contributed by atoms with van der Waals surface area (Å²) in [6, 6.07) is 1.52. The summed E-state index contributed by atoms with van der Waals surface area (Å²) in [4.78, 5) is 31.3. The van der Waals surface area contributed by atoms with Crippen LogP contribution in [0.1, 0.15) is 12.5 Å². The van der Waals surface area contributed by atoms with E-state index in [4.69, 9.17) is 58.4 Å². The zero-order valence-corrected chi connectivity index (χ0v) is 24.8. The third-order valence-corrected chi connectivity index (χ3v) is 9.91. The predicted octanol–water partition coefficient (Wildman–Crippen LogP) is 1.22. The van der Waals surface area contributed by atoms with Crippen molar-refractivity contribution in [1.82, 2.24) is 34.1 Å². The Labute approximate surface area is 252 Å². The molecule has 2 radical (unpaired) electrons. The number of hydrogen-bond acceptors (Lipinski definition) is 15. The smallest absolute Gasteiger partial charge is 0.325 e. The van der Waals surface area contributed by atoms with Gasteiger partial charge in [0.2, 0.25) is 7.57 Å². The topological polar surface area (TPSA) is 219 Å². The molecule has 3 saturated heterocycles. The molecule has 0 saturated carbocycles. The molecule has 3 fully saturated rings. The molecule has 23 heteroatoms. The van der Waals surface area contributed by atoms with Gasteiger partial charge in [-0.1, -0.05) is 0 Å². The van der Waals surface area contributed by atoms with Crippen molar-refractivity contribution in [2.75, 3.05) is 24.7 Å². The summed E-state index contributed by atoms with van der Waals surface area (Å²) >= 11 is 5.15. The minimum absolute atomic E-state index is 0.0523. The maximum atomic E-state index is 16.0.